The quantitative estimate of drug-likeness (QED) is 0.104. The molecule has 2 amide bonds. The molecule has 0 spiro atoms. The minimum absolute atomic E-state index is 0.325. The first-order valence-electron chi connectivity index (χ1n) is 20.1. The van der Waals surface area contributed by atoms with Crippen LogP contribution in [0.25, 0.3) is 42.3 Å². The van der Waals surface area contributed by atoms with Crippen LogP contribution in [0.5, 0.6) is 0 Å². The summed E-state index contributed by atoms with van der Waals surface area (Å²) in [5.41, 5.74) is 5.03. The molecule has 8 rings (SSSR count). The zero-order chi connectivity index (χ0) is 41.2. The molecule has 0 bridgehead atoms. The Morgan fingerprint density at radius 1 is 0.661 bits per heavy atom. The number of nitrogens with zero attached hydrogens (tertiary/aromatic N) is 6. The van der Waals surface area contributed by atoms with Crippen LogP contribution in [0, 0.1) is 0 Å². The highest BCUT2D eigenvalue weighted by Gasteiger charge is 2.25. The molecule has 2 aliphatic rings. The van der Waals surface area contributed by atoms with E-state index in [9.17, 15) is 9.59 Å². The molecule has 310 valence electrons. The molecule has 16 heteroatoms. The zero-order valence-electron chi connectivity index (χ0n) is 34.0. The van der Waals surface area contributed by atoms with Gasteiger partial charge in [-0.05, 0) is 71.4 Å². The molecule has 2 aliphatic heterocycles. The van der Waals surface area contributed by atoms with E-state index < -0.39 is 17.8 Å². The van der Waals surface area contributed by atoms with Crippen molar-refractivity contribution >= 4 is 46.5 Å². The summed E-state index contributed by atoms with van der Waals surface area (Å²) in [4.78, 5) is 40.1. The third-order valence-electron chi connectivity index (χ3n) is 9.73. The van der Waals surface area contributed by atoms with Gasteiger partial charge in [0.15, 0.2) is 0 Å². The maximum absolute atomic E-state index is 11.9. The first kappa shape index (κ1) is 41.4. The van der Waals surface area contributed by atoms with E-state index in [1.165, 1.54) is 45.6 Å². The summed E-state index contributed by atoms with van der Waals surface area (Å²) in [5.74, 6) is 2.00. The number of piperidine rings is 2. The van der Waals surface area contributed by atoms with E-state index in [0.29, 0.717) is 13.1 Å². The van der Waals surface area contributed by atoms with E-state index in [-0.39, 0.29) is 0 Å². The van der Waals surface area contributed by atoms with Gasteiger partial charge in [0.2, 0.25) is 0 Å². The standard InChI is InChI=1S/C23H29N5O2S.C20H23N5O2S/c1-23(2,3)30-22(29)24-15-17-14-18(27-26-17)19-20(28-12-8-5-9-13-28)25-21(31-19)16-10-6-4-7-11-16;1-27-20(26)21-13-15-12-16(24-23-15)17-18(25-10-6-3-7-11-25)22-19(28-17)14-8-4-2-5-9-14/h4,6-7,10-11,14H,5,8-9,12-13,15H2,1-3H3,(H,24,29)(H,26,27);2,4-5,8-9,12H,3,6-7,10-11,13H2,1H3,(H,21,26)(H,23,24). The fourth-order valence-electron chi connectivity index (χ4n) is 6.86. The smallest absolute Gasteiger partial charge is 0.407 e. The molecule has 2 saturated heterocycles. The maximum atomic E-state index is 11.9. The number of carbonyl (C=O) groups is 2. The largest absolute Gasteiger partial charge is 0.453 e. The number of benzene rings is 2. The van der Waals surface area contributed by atoms with Crippen LogP contribution < -0.4 is 20.4 Å². The minimum atomic E-state index is -0.525. The highest BCUT2D eigenvalue weighted by Crippen LogP contribution is 2.42. The highest BCUT2D eigenvalue weighted by atomic mass is 32.1. The third-order valence-corrected chi connectivity index (χ3v) is 12.0. The third kappa shape index (κ3) is 11.1. The molecule has 59 heavy (non-hydrogen) atoms. The number of hydrogen-bond acceptors (Lipinski definition) is 12. The molecule has 0 atom stereocenters. The van der Waals surface area contributed by atoms with Crippen molar-refractivity contribution in [3.63, 3.8) is 0 Å². The van der Waals surface area contributed by atoms with Crippen molar-refractivity contribution in [3.05, 3.63) is 84.2 Å². The zero-order valence-corrected chi connectivity index (χ0v) is 35.7. The Kier molecular flexibility index (Phi) is 13.6. The first-order valence-corrected chi connectivity index (χ1v) is 21.8. The van der Waals surface area contributed by atoms with Crippen molar-refractivity contribution in [2.45, 2.75) is 78.0 Å². The SMILES string of the molecule is CC(C)(C)OC(=O)NCc1cc(-c2sc(-c3ccccc3)nc2N2CCCCC2)n[nH]1.COC(=O)NCc1cc(-c2sc(-c3ccccc3)nc2N2CCCCC2)n[nH]1. The maximum Gasteiger partial charge on any atom is 0.407 e. The molecular weight excluding hydrogens is 785 g/mol. The monoisotopic (exact) mass is 836 g/mol. The fourth-order valence-corrected chi connectivity index (χ4v) is 8.97. The number of aromatic nitrogens is 6. The number of methoxy groups -OCH3 is 1. The van der Waals surface area contributed by atoms with Crippen molar-refractivity contribution in [1.82, 2.24) is 41.0 Å². The van der Waals surface area contributed by atoms with Crippen LogP contribution in [-0.4, -0.2) is 81.4 Å². The Morgan fingerprint density at radius 2 is 1.08 bits per heavy atom. The van der Waals surface area contributed by atoms with Crippen LogP contribution in [0.2, 0.25) is 0 Å². The van der Waals surface area contributed by atoms with Crippen LogP contribution in [0.4, 0.5) is 21.2 Å². The molecule has 0 aliphatic carbocycles. The van der Waals surface area contributed by atoms with Crippen LogP contribution in [0.15, 0.2) is 72.8 Å². The van der Waals surface area contributed by atoms with Gasteiger partial charge in [0, 0.05) is 37.3 Å². The minimum Gasteiger partial charge on any atom is -0.453 e. The number of carbonyl (C=O) groups excluding carboxylic acids is 2. The summed E-state index contributed by atoms with van der Waals surface area (Å²) < 4.78 is 9.92. The van der Waals surface area contributed by atoms with Crippen LogP contribution in [-0.2, 0) is 22.6 Å². The Labute approximate surface area is 352 Å². The number of amides is 2. The molecule has 0 saturated carbocycles. The average Bonchev–Trinajstić information content (AvgIpc) is 4.09. The van der Waals surface area contributed by atoms with E-state index in [2.05, 4.69) is 69.8 Å². The van der Waals surface area contributed by atoms with Crippen molar-refractivity contribution in [2.24, 2.45) is 0 Å². The van der Waals surface area contributed by atoms with Crippen LogP contribution in [0.3, 0.4) is 0 Å². The number of H-pyrrole nitrogens is 2. The van der Waals surface area contributed by atoms with Gasteiger partial charge in [-0.2, -0.15) is 10.2 Å². The molecule has 0 radical (unpaired) electrons. The number of alkyl carbamates (subject to hydrolysis) is 2. The second-order valence-corrected chi connectivity index (χ2v) is 17.4. The van der Waals surface area contributed by atoms with Crippen molar-refractivity contribution in [2.75, 3.05) is 43.1 Å². The van der Waals surface area contributed by atoms with Crippen molar-refractivity contribution in [3.8, 4) is 42.3 Å². The predicted molar refractivity (Wildman–Crippen MR) is 235 cm³/mol. The Hall–Kier alpha value is -5.74. The molecular formula is C43H52N10O4S2. The van der Waals surface area contributed by atoms with E-state index in [1.54, 1.807) is 22.7 Å². The molecule has 0 unspecified atom stereocenters. The second-order valence-electron chi connectivity index (χ2n) is 15.4. The molecule has 4 N–H and O–H groups in total. The number of anilines is 2. The summed E-state index contributed by atoms with van der Waals surface area (Å²) in [7, 11) is 1.35. The van der Waals surface area contributed by atoms with Crippen molar-refractivity contribution < 1.29 is 19.1 Å². The van der Waals surface area contributed by atoms with E-state index >= 15 is 0 Å². The number of hydrogen-bond donors (Lipinski definition) is 4. The van der Waals surface area contributed by atoms with Gasteiger partial charge in [-0.1, -0.05) is 60.7 Å². The predicted octanol–water partition coefficient (Wildman–Crippen LogP) is 9.26. The normalized spacial score (nSPS) is 14.3. The number of nitrogens with one attached hydrogen (secondary N) is 4. The van der Waals surface area contributed by atoms with Gasteiger partial charge < -0.3 is 29.9 Å². The number of rotatable bonds is 10. The topological polar surface area (TPSA) is 166 Å². The summed E-state index contributed by atoms with van der Waals surface area (Å²) >= 11 is 3.31. The van der Waals surface area contributed by atoms with Gasteiger partial charge in [-0.15, -0.1) is 22.7 Å². The van der Waals surface area contributed by atoms with E-state index in [4.69, 9.17) is 14.7 Å². The first-order chi connectivity index (χ1) is 28.6. The van der Waals surface area contributed by atoms with Gasteiger partial charge in [0.25, 0.3) is 0 Å². The van der Waals surface area contributed by atoms with Crippen molar-refractivity contribution in [1.29, 1.82) is 0 Å². The van der Waals surface area contributed by atoms with Gasteiger partial charge in [-0.3, -0.25) is 10.2 Å². The van der Waals surface area contributed by atoms with Crippen LogP contribution >= 0.6 is 22.7 Å². The summed E-state index contributed by atoms with van der Waals surface area (Å²) in [6.45, 7) is 10.3. The van der Waals surface area contributed by atoms with Crippen LogP contribution in [0.1, 0.15) is 70.7 Å². The number of thiazole rings is 2. The molecule has 6 heterocycles. The summed E-state index contributed by atoms with van der Waals surface area (Å²) in [5, 5.41) is 22.5. The molecule has 4 aromatic heterocycles. The lowest BCUT2D eigenvalue weighted by atomic mass is 10.1. The Balaban J connectivity index is 0.000000180. The van der Waals surface area contributed by atoms with E-state index in [1.807, 2.05) is 69.3 Å². The lowest BCUT2D eigenvalue weighted by Gasteiger charge is -2.27. The number of ether oxygens (including phenoxy) is 2. The molecule has 2 fully saturated rings. The van der Waals surface area contributed by atoms with Gasteiger partial charge in [0.1, 0.15) is 38.6 Å². The number of aromatic amines is 2. The van der Waals surface area contributed by atoms with Gasteiger partial charge in [-0.25, -0.2) is 19.6 Å². The van der Waals surface area contributed by atoms with E-state index in [0.717, 1.165) is 91.5 Å². The molecule has 2 aromatic carbocycles. The summed E-state index contributed by atoms with van der Waals surface area (Å²) in [6.07, 6.45) is 6.37. The Morgan fingerprint density at radius 3 is 1.49 bits per heavy atom. The molecule has 14 nitrogen and oxygen atoms in total. The Bertz CT molecular complexity index is 2270. The fraction of sp³-hybridized carbons (Fsp3) is 0.395. The highest BCUT2D eigenvalue weighted by molar-refractivity contribution is 7.19. The second kappa shape index (κ2) is 19.3. The molecule has 6 aromatic rings. The summed E-state index contributed by atoms with van der Waals surface area (Å²) in [6, 6.07) is 24.4. The van der Waals surface area contributed by atoms with Gasteiger partial charge >= 0.3 is 12.2 Å². The lowest BCUT2D eigenvalue weighted by molar-refractivity contribution is 0.0522. The van der Waals surface area contributed by atoms with Gasteiger partial charge in [0.05, 0.1) is 41.3 Å². The average molecular weight is 837 g/mol. The lowest BCUT2D eigenvalue weighted by Crippen LogP contribution is -2.32.